The van der Waals surface area contributed by atoms with Crippen molar-refractivity contribution in [3.8, 4) is 0 Å². The molecule has 156 valence electrons. The minimum Gasteiger partial charge on any atom is -0.450 e. The van der Waals surface area contributed by atoms with Crippen LogP contribution >= 0.6 is 11.8 Å². The minimum atomic E-state index is -0.0154. The normalized spacial score (nSPS) is 25.0. The summed E-state index contributed by atoms with van der Waals surface area (Å²) in [4.78, 5) is 13.6. The Morgan fingerprint density at radius 2 is 1.25 bits per heavy atom. The lowest BCUT2D eigenvalue weighted by Gasteiger charge is -2.32. The Morgan fingerprint density at radius 1 is 0.786 bits per heavy atom. The van der Waals surface area contributed by atoms with Crippen LogP contribution in [0.15, 0.2) is 29.2 Å². The molecule has 3 rings (SSSR count). The number of benzene rings is 1. The van der Waals surface area contributed by atoms with E-state index in [4.69, 9.17) is 4.74 Å². The third-order valence-electron chi connectivity index (χ3n) is 6.60. The van der Waals surface area contributed by atoms with Gasteiger partial charge in [0, 0.05) is 10.3 Å². The van der Waals surface area contributed by atoms with Gasteiger partial charge in [-0.05, 0) is 31.9 Å². The largest absolute Gasteiger partial charge is 0.450 e. The molecule has 2 fully saturated rings. The zero-order valence-electron chi connectivity index (χ0n) is 17.7. The summed E-state index contributed by atoms with van der Waals surface area (Å²) in [6.45, 7) is 2.12. The van der Waals surface area contributed by atoms with Crippen molar-refractivity contribution in [2.24, 2.45) is 5.41 Å². The molecule has 0 bridgehead atoms. The van der Waals surface area contributed by atoms with Crippen molar-refractivity contribution in [1.29, 1.82) is 0 Å². The number of esters is 1. The summed E-state index contributed by atoms with van der Waals surface area (Å²) in [5, 5.41) is 0. The maximum Gasteiger partial charge on any atom is 0.307 e. The van der Waals surface area contributed by atoms with E-state index in [2.05, 4.69) is 31.2 Å². The molecule has 1 atom stereocenters. The molecule has 2 aliphatic rings. The van der Waals surface area contributed by atoms with Crippen LogP contribution in [-0.2, 0) is 9.53 Å². The molecule has 2 nitrogen and oxygen atoms in total. The Hall–Kier alpha value is -0.960. The number of cyclic esters (lactones) is 1. The van der Waals surface area contributed by atoms with Crippen molar-refractivity contribution in [3.63, 3.8) is 0 Å². The molecule has 28 heavy (non-hydrogen) atoms. The lowest BCUT2D eigenvalue weighted by Crippen LogP contribution is -2.29. The van der Waals surface area contributed by atoms with Crippen LogP contribution in [0.3, 0.4) is 0 Å². The molecule has 0 radical (unpaired) electrons. The second-order valence-electron chi connectivity index (χ2n) is 9.03. The van der Waals surface area contributed by atoms with Crippen molar-refractivity contribution in [2.75, 3.05) is 0 Å². The van der Waals surface area contributed by atoms with Gasteiger partial charge in [0.2, 0.25) is 0 Å². The van der Waals surface area contributed by atoms with Crippen LogP contribution in [-0.4, -0.2) is 11.4 Å². The van der Waals surface area contributed by atoms with Gasteiger partial charge < -0.3 is 4.74 Å². The lowest BCUT2D eigenvalue weighted by molar-refractivity contribution is -0.138. The molecular weight excluding hydrogens is 364 g/mol. The number of ether oxygens (including phenoxy) is 1. The van der Waals surface area contributed by atoms with Crippen molar-refractivity contribution in [2.45, 2.75) is 114 Å². The van der Waals surface area contributed by atoms with Gasteiger partial charge in [-0.3, -0.25) is 4.79 Å². The number of hydrogen-bond donors (Lipinski definition) is 0. The third kappa shape index (κ3) is 6.54. The van der Waals surface area contributed by atoms with E-state index >= 15 is 0 Å². The maximum absolute atomic E-state index is 12.4. The van der Waals surface area contributed by atoms with Crippen molar-refractivity contribution < 1.29 is 9.53 Å². The van der Waals surface area contributed by atoms with Gasteiger partial charge in [-0.25, -0.2) is 0 Å². The van der Waals surface area contributed by atoms with Gasteiger partial charge in [-0.1, -0.05) is 107 Å². The zero-order chi connectivity index (χ0) is 19.7. The second-order valence-corrected chi connectivity index (χ2v) is 10.2. The van der Waals surface area contributed by atoms with Crippen LogP contribution in [0.1, 0.15) is 102 Å². The van der Waals surface area contributed by atoms with Gasteiger partial charge in [0.15, 0.2) is 5.44 Å². The van der Waals surface area contributed by atoms with Crippen molar-refractivity contribution in [3.05, 3.63) is 29.8 Å². The highest BCUT2D eigenvalue weighted by atomic mass is 32.2. The Morgan fingerprint density at radius 3 is 1.75 bits per heavy atom. The molecule has 1 heterocycles. The predicted octanol–water partition coefficient (Wildman–Crippen LogP) is 7.82. The number of carbonyl (C=O) groups excluding carboxylic acids is 1. The maximum atomic E-state index is 12.4. The first-order chi connectivity index (χ1) is 13.7. The van der Waals surface area contributed by atoms with E-state index in [0.29, 0.717) is 6.42 Å². The number of aryl methyl sites for hydroxylation is 1. The molecule has 1 spiro atoms. The molecule has 1 unspecified atom stereocenters. The average Bonchev–Trinajstić information content (AvgIpc) is 2.98. The Labute approximate surface area is 176 Å². The Bertz CT molecular complexity index is 579. The fourth-order valence-corrected chi connectivity index (χ4v) is 6.07. The van der Waals surface area contributed by atoms with E-state index in [-0.39, 0.29) is 16.8 Å². The summed E-state index contributed by atoms with van der Waals surface area (Å²) in [5.74, 6) is 0.0162. The topological polar surface area (TPSA) is 26.3 Å². The van der Waals surface area contributed by atoms with E-state index < -0.39 is 0 Å². The highest BCUT2D eigenvalue weighted by Gasteiger charge is 2.48. The zero-order valence-corrected chi connectivity index (χ0v) is 18.5. The van der Waals surface area contributed by atoms with E-state index in [0.717, 1.165) is 12.8 Å². The third-order valence-corrected chi connectivity index (χ3v) is 7.95. The van der Waals surface area contributed by atoms with Crippen LogP contribution in [0.2, 0.25) is 0 Å². The molecule has 1 saturated heterocycles. The van der Waals surface area contributed by atoms with Gasteiger partial charge in [0.05, 0.1) is 6.42 Å². The van der Waals surface area contributed by atoms with Crippen molar-refractivity contribution in [1.82, 2.24) is 0 Å². The summed E-state index contributed by atoms with van der Waals surface area (Å²) in [7, 11) is 0. The Kier molecular flexibility index (Phi) is 8.76. The Balaban J connectivity index is 1.67. The molecule has 0 N–H and O–H groups in total. The van der Waals surface area contributed by atoms with Crippen LogP contribution in [0.5, 0.6) is 0 Å². The average molecular weight is 403 g/mol. The summed E-state index contributed by atoms with van der Waals surface area (Å²) in [6.07, 6.45) is 19.1. The first-order valence-corrected chi connectivity index (χ1v) is 12.5. The number of thioether (sulfide) groups is 1. The first kappa shape index (κ1) is 21.7. The minimum absolute atomic E-state index is 0.0154. The molecular formula is C25H38O2S. The van der Waals surface area contributed by atoms with Crippen molar-refractivity contribution >= 4 is 17.7 Å². The molecule has 3 heteroatoms. The second kappa shape index (κ2) is 11.3. The van der Waals surface area contributed by atoms with E-state index in [9.17, 15) is 4.79 Å². The number of hydrogen-bond acceptors (Lipinski definition) is 3. The highest BCUT2D eigenvalue weighted by Crippen LogP contribution is 2.51. The van der Waals surface area contributed by atoms with Gasteiger partial charge in [-0.2, -0.15) is 0 Å². The van der Waals surface area contributed by atoms with Crippen LogP contribution in [0.25, 0.3) is 0 Å². The number of carbonyl (C=O) groups is 1. The van der Waals surface area contributed by atoms with Gasteiger partial charge in [0.25, 0.3) is 0 Å². The van der Waals surface area contributed by atoms with Gasteiger partial charge in [0.1, 0.15) is 0 Å². The highest BCUT2D eigenvalue weighted by molar-refractivity contribution is 7.99. The van der Waals surface area contributed by atoms with Crippen LogP contribution in [0, 0.1) is 12.3 Å². The predicted molar refractivity (Wildman–Crippen MR) is 119 cm³/mol. The van der Waals surface area contributed by atoms with Crippen LogP contribution in [0.4, 0.5) is 0 Å². The molecule has 0 aromatic heterocycles. The van der Waals surface area contributed by atoms with Gasteiger partial charge in [-0.15, -0.1) is 0 Å². The lowest BCUT2D eigenvalue weighted by atomic mass is 9.77. The summed E-state index contributed by atoms with van der Waals surface area (Å²) in [5.41, 5.74) is 1.29. The molecule has 1 aromatic rings. The van der Waals surface area contributed by atoms with Crippen LogP contribution < -0.4 is 0 Å². The monoisotopic (exact) mass is 402 g/mol. The summed E-state index contributed by atoms with van der Waals surface area (Å²) in [6, 6.07) is 8.66. The molecule has 1 aromatic carbocycles. The fraction of sp³-hybridized carbons (Fsp3) is 0.720. The smallest absolute Gasteiger partial charge is 0.307 e. The van der Waals surface area contributed by atoms with E-state index in [1.807, 2.05) is 0 Å². The van der Waals surface area contributed by atoms with Gasteiger partial charge >= 0.3 is 5.97 Å². The standard InChI is InChI=1S/C25H38O2S/c1-21-14-16-22(17-15-21)28-24-25(20-23(26)27-24)18-12-10-8-6-4-2-3-5-7-9-11-13-19-25/h14-17,24H,2-13,18-20H2,1H3. The quantitative estimate of drug-likeness (QED) is 0.472. The molecule has 1 aliphatic carbocycles. The fourth-order valence-electron chi connectivity index (χ4n) is 4.81. The summed E-state index contributed by atoms with van der Waals surface area (Å²) < 4.78 is 5.90. The number of rotatable bonds is 2. The molecule has 1 aliphatic heterocycles. The SMILES string of the molecule is Cc1ccc(SC2OC(=O)CC23CCCCCCCCCCCCCC3)cc1. The molecule has 0 amide bonds. The van der Waals surface area contributed by atoms with E-state index in [1.165, 1.54) is 87.5 Å². The molecule has 1 saturated carbocycles. The van der Waals surface area contributed by atoms with E-state index in [1.54, 1.807) is 11.8 Å². The first-order valence-electron chi connectivity index (χ1n) is 11.6. The summed E-state index contributed by atoms with van der Waals surface area (Å²) >= 11 is 1.77.